The molecule has 0 amide bonds. The van der Waals surface area contributed by atoms with Crippen LogP contribution in [0.25, 0.3) is 0 Å². The number of hydrogen-bond donors (Lipinski definition) is 1. The maximum absolute atomic E-state index is 12.7. The first-order chi connectivity index (χ1) is 10.8. The highest BCUT2D eigenvalue weighted by Crippen LogP contribution is 2.12. The summed E-state index contributed by atoms with van der Waals surface area (Å²) < 4.78 is 18.3. The van der Waals surface area contributed by atoms with Crippen molar-refractivity contribution in [2.24, 2.45) is 10.7 Å². The fraction of sp³-hybridized carbons (Fsp3) is 0.588. The van der Waals surface area contributed by atoms with Gasteiger partial charge in [-0.05, 0) is 49.9 Å². The Kier molecular flexibility index (Phi) is 9.98. The number of ether oxygens (including phenoxy) is 1. The zero-order valence-electron chi connectivity index (χ0n) is 13.5. The molecule has 1 aliphatic rings. The van der Waals surface area contributed by atoms with E-state index >= 15 is 0 Å². The summed E-state index contributed by atoms with van der Waals surface area (Å²) >= 11 is 0. The summed E-state index contributed by atoms with van der Waals surface area (Å²) in [5.74, 6) is 1.14. The van der Waals surface area contributed by atoms with Gasteiger partial charge in [-0.1, -0.05) is 12.8 Å². The lowest BCUT2D eigenvalue weighted by atomic mass is 10.2. The highest BCUT2D eigenvalue weighted by Gasteiger charge is 2.10. The van der Waals surface area contributed by atoms with E-state index in [9.17, 15) is 4.39 Å². The second kappa shape index (κ2) is 11.5. The molecule has 0 saturated carbocycles. The van der Waals surface area contributed by atoms with Crippen LogP contribution in [0.4, 0.5) is 4.39 Å². The first-order valence-corrected chi connectivity index (χ1v) is 8.19. The zero-order valence-corrected chi connectivity index (χ0v) is 15.9. The molecule has 1 aromatic carbocycles. The molecule has 1 aromatic rings. The lowest BCUT2D eigenvalue weighted by Gasteiger charge is -2.21. The molecular formula is C17H27FIN3O. The molecule has 4 nitrogen and oxygen atoms in total. The van der Waals surface area contributed by atoms with Gasteiger partial charge in [-0.2, -0.15) is 0 Å². The summed E-state index contributed by atoms with van der Waals surface area (Å²) in [4.78, 5) is 6.66. The van der Waals surface area contributed by atoms with Gasteiger partial charge < -0.3 is 15.4 Å². The van der Waals surface area contributed by atoms with Crippen LogP contribution >= 0.6 is 24.0 Å². The monoisotopic (exact) mass is 435 g/mol. The second-order valence-corrected chi connectivity index (χ2v) is 5.65. The summed E-state index contributed by atoms with van der Waals surface area (Å²) in [6, 6.07) is 6.10. The van der Waals surface area contributed by atoms with E-state index < -0.39 is 0 Å². The molecule has 0 aromatic heterocycles. The summed E-state index contributed by atoms with van der Waals surface area (Å²) in [6.45, 7) is 3.41. The number of nitrogens with two attached hydrogens (primary N) is 1. The number of benzene rings is 1. The van der Waals surface area contributed by atoms with Crippen LogP contribution in [0.1, 0.15) is 38.5 Å². The third kappa shape index (κ3) is 7.85. The largest absolute Gasteiger partial charge is 0.494 e. The van der Waals surface area contributed by atoms with Crippen LogP contribution in [0.5, 0.6) is 5.75 Å². The van der Waals surface area contributed by atoms with Crippen molar-refractivity contribution in [2.45, 2.75) is 38.5 Å². The Hall–Kier alpha value is -1.05. The van der Waals surface area contributed by atoms with Gasteiger partial charge in [0.25, 0.3) is 0 Å². The van der Waals surface area contributed by atoms with Gasteiger partial charge in [-0.25, -0.2) is 4.39 Å². The molecule has 0 radical (unpaired) electrons. The van der Waals surface area contributed by atoms with Crippen molar-refractivity contribution in [3.05, 3.63) is 30.1 Å². The molecule has 1 fully saturated rings. The predicted octanol–water partition coefficient (Wildman–Crippen LogP) is 3.79. The summed E-state index contributed by atoms with van der Waals surface area (Å²) in [5.41, 5.74) is 6.05. The minimum absolute atomic E-state index is 0. The molecule has 2 N–H and O–H groups in total. The Bertz CT molecular complexity index is 459. The average Bonchev–Trinajstić information content (AvgIpc) is 2.81. The van der Waals surface area contributed by atoms with Gasteiger partial charge in [0.1, 0.15) is 11.6 Å². The van der Waals surface area contributed by atoms with E-state index in [2.05, 4.69) is 9.89 Å². The number of unbranched alkanes of at least 4 members (excludes halogenated alkanes) is 1. The Morgan fingerprint density at radius 3 is 2.39 bits per heavy atom. The van der Waals surface area contributed by atoms with Crippen LogP contribution in [0.15, 0.2) is 29.3 Å². The Morgan fingerprint density at radius 2 is 1.74 bits per heavy atom. The van der Waals surface area contributed by atoms with Crippen LogP contribution in [0, 0.1) is 5.82 Å². The second-order valence-electron chi connectivity index (χ2n) is 5.65. The van der Waals surface area contributed by atoms with Crippen LogP contribution in [0.3, 0.4) is 0 Å². The molecule has 0 unspecified atom stereocenters. The van der Waals surface area contributed by atoms with E-state index in [0.717, 1.165) is 32.5 Å². The highest BCUT2D eigenvalue weighted by atomic mass is 127. The van der Waals surface area contributed by atoms with Gasteiger partial charge in [-0.15, -0.1) is 24.0 Å². The number of guanidine groups is 1. The Labute approximate surface area is 155 Å². The van der Waals surface area contributed by atoms with Crippen LogP contribution in [-0.4, -0.2) is 37.1 Å². The van der Waals surface area contributed by atoms with Crippen molar-refractivity contribution in [3.63, 3.8) is 0 Å². The minimum Gasteiger partial charge on any atom is -0.494 e. The third-order valence-corrected chi connectivity index (χ3v) is 3.84. The molecule has 2 rings (SSSR count). The van der Waals surface area contributed by atoms with Gasteiger partial charge in [-0.3, -0.25) is 4.99 Å². The van der Waals surface area contributed by atoms with E-state index in [1.54, 1.807) is 12.1 Å². The van der Waals surface area contributed by atoms with Crippen molar-refractivity contribution in [2.75, 3.05) is 26.2 Å². The van der Waals surface area contributed by atoms with Gasteiger partial charge >= 0.3 is 0 Å². The van der Waals surface area contributed by atoms with Gasteiger partial charge in [0.05, 0.1) is 6.61 Å². The quantitative estimate of drug-likeness (QED) is 0.320. The molecule has 0 bridgehead atoms. The first kappa shape index (κ1) is 20.0. The fourth-order valence-electron chi connectivity index (χ4n) is 2.53. The van der Waals surface area contributed by atoms with Gasteiger partial charge in [0.2, 0.25) is 0 Å². The standard InChI is InChI=1S/C17H26FN3O.HI/c18-15-7-9-16(10-8-15)22-14-6-3-11-20-17(19)21-12-4-1-2-5-13-21;/h7-10H,1-6,11-14H2,(H2,19,20);1H. The van der Waals surface area contributed by atoms with Crippen molar-refractivity contribution in [1.82, 2.24) is 4.90 Å². The van der Waals surface area contributed by atoms with Crippen LogP contribution in [-0.2, 0) is 0 Å². The smallest absolute Gasteiger partial charge is 0.191 e. The Balaban J connectivity index is 0.00000264. The molecular weight excluding hydrogens is 408 g/mol. The topological polar surface area (TPSA) is 50.9 Å². The number of aliphatic imine (C=N–C) groups is 1. The summed E-state index contributed by atoms with van der Waals surface area (Å²) in [6.07, 6.45) is 6.86. The lowest BCUT2D eigenvalue weighted by Crippen LogP contribution is -2.38. The average molecular weight is 435 g/mol. The third-order valence-electron chi connectivity index (χ3n) is 3.84. The normalized spacial score (nSPS) is 15.7. The molecule has 23 heavy (non-hydrogen) atoms. The van der Waals surface area contributed by atoms with Crippen molar-refractivity contribution >= 4 is 29.9 Å². The molecule has 0 aliphatic carbocycles. The lowest BCUT2D eigenvalue weighted by molar-refractivity contribution is 0.307. The molecule has 1 saturated heterocycles. The molecule has 130 valence electrons. The van der Waals surface area contributed by atoms with Crippen molar-refractivity contribution in [1.29, 1.82) is 0 Å². The Morgan fingerprint density at radius 1 is 1.09 bits per heavy atom. The van der Waals surface area contributed by atoms with E-state index in [1.165, 1.54) is 37.8 Å². The molecule has 0 spiro atoms. The molecule has 6 heteroatoms. The van der Waals surface area contributed by atoms with E-state index in [-0.39, 0.29) is 29.8 Å². The molecule has 1 heterocycles. The molecule has 0 atom stereocenters. The minimum atomic E-state index is -0.245. The fourth-order valence-corrected chi connectivity index (χ4v) is 2.53. The van der Waals surface area contributed by atoms with Crippen molar-refractivity contribution < 1.29 is 9.13 Å². The maximum atomic E-state index is 12.7. The zero-order chi connectivity index (χ0) is 15.6. The maximum Gasteiger partial charge on any atom is 0.191 e. The number of hydrogen-bond acceptors (Lipinski definition) is 2. The summed E-state index contributed by atoms with van der Waals surface area (Å²) in [7, 11) is 0. The number of likely N-dealkylation sites (tertiary alicyclic amines) is 1. The van der Waals surface area contributed by atoms with E-state index in [4.69, 9.17) is 10.5 Å². The SMILES string of the molecule is I.NC(=NCCCCOc1ccc(F)cc1)N1CCCCCC1. The van der Waals surface area contributed by atoms with Gasteiger partial charge in [0, 0.05) is 19.6 Å². The van der Waals surface area contributed by atoms with Gasteiger partial charge in [0.15, 0.2) is 5.96 Å². The highest BCUT2D eigenvalue weighted by molar-refractivity contribution is 14.0. The van der Waals surface area contributed by atoms with Crippen LogP contribution in [0.2, 0.25) is 0 Å². The van der Waals surface area contributed by atoms with Crippen LogP contribution < -0.4 is 10.5 Å². The number of nitrogens with zero attached hydrogens (tertiary/aromatic N) is 2. The summed E-state index contributed by atoms with van der Waals surface area (Å²) in [5, 5.41) is 0. The van der Waals surface area contributed by atoms with E-state index in [1.807, 2.05) is 0 Å². The number of halogens is 2. The van der Waals surface area contributed by atoms with E-state index in [0.29, 0.717) is 18.3 Å². The molecule has 1 aliphatic heterocycles. The number of rotatable bonds is 6. The van der Waals surface area contributed by atoms with Crippen molar-refractivity contribution in [3.8, 4) is 5.75 Å². The first-order valence-electron chi connectivity index (χ1n) is 8.19. The predicted molar refractivity (Wildman–Crippen MR) is 103 cm³/mol.